The summed E-state index contributed by atoms with van der Waals surface area (Å²) in [5.74, 6) is 0. The van der Waals surface area contributed by atoms with Gasteiger partial charge < -0.3 is 20.3 Å². The Morgan fingerprint density at radius 2 is 2.14 bits per heavy atom. The normalized spacial score (nSPS) is 12.8. The van der Waals surface area contributed by atoms with Gasteiger partial charge >= 0.3 is 12.2 Å². The van der Waals surface area contributed by atoms with Crippen LogP contribution in [0.2, 0.25) is 0 Å². The Labute approximate surface area is 124 Å². The van der Waals surface area contributed by atoms with Crippen molar-refractivity contribution in [3.8, 4) is 0 Å². The number of nitrogens with zero attached hydrogens (tertiary/aromatic N) is 1. The van der Waals surface area contributed by atoms with Crippen molar-refractivity contribution in [2.24, 2.45) is 0 Å². The number of carbonyl (C=O) groups excluding carboxylic acids is 1. The average molecular weight is 321 g/mol. The van der Waals surface area contributed by atoms with E-state index >= 15 is 0 Å². The first-order valence-corrected chi connectivity index (χ1v) is 6.72. The standard InChI is InChI=1S/C13H18F3N3O3/c1-2-4-9(20)7-17-12(22)18-10-5-3-6-19(11(10)21)8-13(14,15)16/h3,5-6,9,20H,2,4,7-8H2,1H3,(H2,17,18,22). The van der Waals surface area contributed by atoms with Crippen molar-refractivity contribution >= 4 is 11.7 Å². The molecule has 1 aromatic rings. The summed E-state index contributed by atoms with van der Waals surface area (Å²) in [4.78, 5) is 23.4. The lowest BCUT2D eigenvalue weighted by Gasteiger charge is -2.13. The number of aliphatic hydroxyl groups is 1. The van der Waals surface area contributed by atoms with Crippen LogP contribution in [0, 0.1) is 0 Å². The summed E-state index contributed by atoms with van der Waals surface area (Å²) in [6.45, 7) is 0.428. The second-order valence-electron chi connectivity index (χ2n) is 4.75. The fourth-order valence-electron chi connectivity index (χ4n) is 1.76. The van der Waals surface area contributed by atoms with Crippen molar-refractivity contribution in [2.45, 2.75) is 38.6 Å². The molecule has 1 rings (SSSR count). The van der Waals surface area contributed by atoms with Crippen LogP contribution in [0.4, 0.5) is 23.7 Å². The predicted molar refractivity (Wildman–Crippen MR) is 74.7 cm³/mol. The molecule has 1 atom stereocenters. The Morgan fingerprint density at radius 1 is 1.45 bits per heavy atom. The number of urea groups is 1. The molecule has 0 saturated heterocycles. The zero-order valence-corrected chi connectivity index (χ0v) is 12.0. The van der Waals surface area contributed by atoms with E-state index in [-0.39, 0.29) is 12.2 Å². The maximum atomic E-state index is 12.3. The van der Waals surface area contributed by atoms with Gasteiger partial charge in [-0.2, -0.15) is 13.2 Å². The Morgan fingerprint density at radius 3 is 2.73 bits per heavy atom. The number of rotatable bonds is 6. The van der Waals surface area contributed by atoms with E-state index in [1.54, 1.807) is 0 Å². The number of aromatic nitrogens is 1. The van der Waals surface area contributed by atoms with Gasteiger partial charge in [0.25, 0.3) is 5.56 Å². The van der Waals surface area contributed by atoms with Gasteiger partial charge in [0, 0.05) is 12.7 Å². The van der Waals surface area contributed by atoms with Crippen molar-refractivity contribution in [3.05, 3.63) is 28.7 Å². The molecule has 0 radical (unpaired) electrons. The number of hydrogen-bond acceptors (Lipinski definition) is 3. The number of carbonyl (C=O) groups is 1. The van der Waals surface area contributed by atoms with E-state index in [2.05, 4.69) is 10.6 Å². The van der Waals surface area contributed by atoms with E-state index in [0.717, 1.165) is 12.6 Å². The molecule has 2 amide bonds. The molecule has 1 unspecified atom stereocenters. The first-order chi connectivity index (χ1) is 10.2. The van der Waals surface area contributed by atoms with E-state index < -0.39 is 30.4 Å². The molecular weight excluding hydrogens is 303 g/mol. The van der Waals surface area contributed by atoms with Crippen LogP contribution in [0.15, 0.2) is 23.1 Å². The number of nitrogens with one attached hydrogen (secondary N) is 2. The van der Waals surface area contributed by atoms with Crippen LogP contribution in [-0.4, -0.2) is 34.5 Å². The minimum absolute atomic E-state index is 0.0107. The smallest absolute Gasteiger partial charge is 0.391 e. The van der Waals surface area contributed by atoms with Crippen LogP contribution >= 0.6 is 0 Å². The monoisotopic (exact) mass is 321 g/mol. The van der Waals surface area contributed by atoms with Crippen molar-refractivity contribution in [3.63, 3.8) is 0 Å². The number of halogens is 3. The van der Waals surface area contributed by atoms with Gasteiger partial charge in [0.1, 0.15) is 12.2 Å². The average Bonchev–Trinajstić information content (AvgIpc) is 2.40. The molecular formula is C13H18F3N3O3. The van der Waals surface area contributed by atoms with Crippen LogP contribution in [0.3, 0.4) is 0 Å². The maximum Gasteiger partial charge on any atom is 0.406 e. The van der Waals surface area contributed by atoms with Gasteiger partial charge in [-0.05, 0) is 18.6 Å². The van der Waals surface area contributed by atoms with Crippen LogP contribution in [0.5, 0.6) is 0 Å². The first-order valence-electron chi connectivity index (χ1n) is 6.72. The highest BCUT2D eigenvalue weighted by molar-refractivity contribution is 5.88. The Hall–Kier alpha value is -2.03. The molecule has 9 heteroatoms. The molecule has 0 aliphatic carbocycles. The Bertz CT molecular complexity index is 557. The largest absolute Gasteiger partial charge is 0.406 e. The highest BCUT2D eigenvalue weighted by atomic mass is 19.4. The molecule has 1 aromatic heterocycles. The van der Waals surface area contributed by atoms with E-state index in [1.807, 2.05) is 6.92 Å². The third-order valence-corrected chi connectivity index (χ3v) is 2.74. The van der Waals surface area contributed by atoms with Gasteiger partial charge in [-0.15, -0.1) is 0 Å². The minimum Gasteiger partial charge on any atom is -0.391 e. The van der Waals surface area contributed by atoms with Crippen LogP contribution in [-0.2, 0) is 6.54 Å². The number of anilines is 1. The fraction of sp³-hybridized carbons (Fsp3) is 0.538. The van der Waals surface area contributed by atoms with E-state index in [9.17, 15) is 27.9 Å². The van der Waals surface area contributed by atoms with Crippen LogP contribution < -0.4 is 16.2 Å². The Balaban J connectivity index is 2.68. The summed E-state index contributed by atoms with van der Waals surface area (Å²) >= 11 is 0. The second-order valence-corrected chi connectivity index (χ2v) is 4.75. The van der Waals surface area contributed by atoms with Gasteiger partial charge in [-0.1, -0.05) is 13.3 Å². The van der Waals surface area contributed by atoms with Crippen molar-refractivity contribution in [1.29, 1.82) is 0 Å². The first kappa shape index (κ1) is 18.0. The maximum absolute atomic E-state index is 12.3. The van der Waals surface area contributed by atoms with E-state index in [0.29, 0.717) is 11.0 Å². The summed E-state index contributed by atoms with van der Waals surface area (Å²) in [6, 6.07) is 1.67. The summed E-state index contributed by atoms with van der Waals surface area (Å²) in [5.41, 5.74) is -1.22. The number of hydrogen-bond donors (Lipinski definition) is 3. The van der Waals surface area contributed by atoms with Crippen LogP contribution in [0.25, 0.3) is 0 Å². The lowest BCUT2D eigenvalue weighted by Crippen LogP contribution is -2.37. The highest BCUT2D eigenvalue weighted by Gasteiger charge is 2.28. The molecule has 22 heavy (non-hydrogen) atoms. The Kier molecular flexibility index (Phi) is 6.41. The lowest BCUT2D eigenvalue weighted by atomic mass is 10.2. The fourth-order valence-corrected chi connectivity index (χ4v) is 1.76. The van der Waals surface area contributed by atoms with Crippen LogP contribution in [0.1, 0.15) is 19.8 Å². The van der Waals surface area contributed by atoms with Crippen molar-refractivity contribution in [2.75, 3.05) is 11.9 Å². The lowest BCUT2D eigenvalue weighted by molar-refractivity contribution is -0.141. The molecule has 0 fully saturated rings. The van der Waals surface area contributed by atoms with Gasteiger partial charge in [-0.3, -0.25) is 4.79 Å². The topological polar surface area (TPSA) is 83.4 Å². The third-order valence-electron chi connectivity index (χ3n) is 2.74. The van der Waals surface area contributed by atoms with Gasteiger partial charge in [-0.25, -0.2) is 4.79 Å². The minimum atomic E-state index is -4.53. The molecule has 0 aromatic carbocycles. The summed E-state index contributed by atoms with van der Waals surface area (Å²) in [6.07, 6.45) is -3.01. The molecule has 1 heterocycles. The number of pyridine rings is 1. The molecule has 0 saturated carbocycles. The van der Waals surface area contributed by atoms with Gasteiger partial charge in [0.15, 0.2) is 0 Å². The molecule has 0 bridgehead atoms. The highest BCUT2D eigenvalue weighted by Crippen LogP contribution is 2.16. The molecule has 0 aliphatic heterocycles. The van der Waals surface area contributed by atoms with Gasteiger partial charge in [0.05, 0.1) is 6.10 Å². The summed E-state index contributed by atoms with van der Waals surface area (Å²) in [7, 11) is 0. The zero-order chi connectivity index (χ0) is 16.8. The van der Waals surface area contributed by atoms with E-state index in [4.69, 9.17) is 0 Å². The zero-order valence-electron chi connectivity index (χ0n) is 12.0. The molecule has 3 N–H and O–H groups in total. The summed E-state index contributed by atoms with van der Waals surface area (Å²) < 4.78 is 37.4. The quantitative estimate of drug-likeness (QED) is 0.745. The second kappa shape index (κ2) is 7.83. The number of alkyl halides is 3. The van der Waals surface area contributed by atoms with Crippen molar-refractivity contribution in [1.82, 2.24) is 9.88 Å². The summed E-state index contributed by atoms with van der Waals surface area (Å²) in [5, 5.41) is 14.0. The number of aliphatic hydroxyl groups excluding tert-OH is 1. The molecule has 0 aliphatic rings. The predicted octanol–water partition coefficient (Wildman–Crippen LogP) is 1.69. The third kappa shape index (κ3) is 6.17. The number of amides is 2. The SMILES string of the molecule is CCCC(O)CNC(=O)Nc1cccn(CC(F)(F)F)c1=O. The molecule has 0 spiro atoms. The van der Waals surface area contributed by atoms with Crippen molar-refractivity contribution < 1.29 is 23.1 Å². The van der Waals surface area contributed by atoms with Gasteiger partial charge in [0.2, 0.25) is 0 Å². The molecule has 124 valence electrons. The van der Waals surface area contributed by atoms with E-state index in [1.165, 1.54) is 12.1 Å². The molecule has 6 nitrogen and oxygen atoms in total.